The highest BCUT2D eigenvalue weighted by atomic mass is 127. The predicted molar refractivity (Wildman–Crippen MR) is 120 cm³/mol. The van der Waals surface area contributed by atoms with E-state index in [0.29, 0.717) is 12.5 Å². The molecule has 2 saturated heterocycles. The lowest BCUT2D eigenvalue weighted by atomic mass is 9.98. The Balaban J connectivity index is 0.00000225. The van der Waals surface area contributed by atoms with Crippen molar-refractivity contribution >= 4 is 41.7 Å². The first kappa shape index (κ1) is 20.8. The number of likely N-dealkylation sites (tertiary alicyclic amines) is 1. The molecule has 0 saturated carbocycles. The number of piperidine rings is 1. The van der Waals surface area contributed by atoms with Gasteiger partial charge in [-0.2, -0.15) is 11.8 Å². The first-order valence-corrected chi connectivity index (χ1v) is 10.3. The second-order valence-electron chi connectivity index (χ2n) is 7.05. The quantitative estimate of drug-likeness (QED) is 0.413. The number of nitrogens with two attached hydrogens (primary N) is 1. The standard InChI is InChI=1S/C19H30N4S.HI/c1-16-5-7-22(8-6-16)15-18-4-2-3-17(13-18)14-21-19(20)23-9-11-24-12-10-23;/h2-4,13,16H,5-12,14-15H2,1H3,(H2,20,21);1H. The minimum atomic E-state index is 0. The number of benzene rings is 1. The van der Waals surface area contributed by atoms with Gasteiger partial charge in [-0.25, -0.2) is 4.99 Å². The van der Waals surface area contributed by atoms with Gasteiger partial charge in [0.2, 0.25) is 0 Å². The zero-order valence-electron chi connectivity index (χ0n) is 15.2. The van der Waals surface area contributed by atoms with Crippen molar-refractivity contribution < 1.29 is 0 Å². The van der Waals surface area contributed by atoms with Gasteiger partial charge in [-0.1, -0.05) is 31.2 Å². The van der Waals surface area contributed by atoms with Crippen LogP contribution in [0.3, 0.4) is 0 Å². The number of thioether (sulfide) groups is 1. The molecular formula is C19H31IN4S. The van der Waals surface area contributed by atoms with Gasteiger partial charge < -0.3 is 10.6 Å². The molecule has 0 unspecified atom stereocenters. The maximum absolute atomic E-state index is 6.16. The Kier molecular flexibility index (Phi) is 8.85. The van der Waals surface area contributed by atoms with Crippen LogP contribution >= 0.6 is 35.7 Å². The average molecular weight is 474 g/mol. The van der Waals surface area contributed by atoms with E-state index in [-0.39, 0.29) is 24.0 Å². The number of hydrogen-bond donors (Lipinski definition) is 1. The molecule has 0 aromatic heterocycles. The maximum atomic E-state index is 6.16. The third-order valence-electron chi connectivity index (χ3n) is 5.03. The lowest BCUT2D eigenvalue weighted by Gasteiger charge is -2.30. The van der Waals surface area contributed by atoms with Crippen molar-refractivity contribution in [1.29, 1.82) is 0 Å². The molecule has 0 spiro atoms. The fourth-order valence-electron chi connectivity index (χ4n) is 3.37. The van der Waals surface area contributed by atoms with Gasteiger partial charge in [-0.3, -0.25) is 4.90 Å². The van der Waals surface area contributed by atoms with Crippen molar-refractivity contribution in [2.45, 2.75) is 32.9 Å². The van der Waals surface area contributed by atoms with E-state index in [9.17, 15) is 0 Å². The van der Waals surface area contributed by atoms with Gasteiger partial charge >= 0.3 is 0 Å². The molecular weight excluding hydrogens is 443 g/mol. The summed E-state index contributed by atoms with van der Waals surface area (Å²) in [7, 11) is 0. The average Bonchev–Trinajstić information content (AvgIpc) is 2.63. The molecule has 0 radical (unpaired) electrons. The Morgan fingerprint density at radius 1 is 1.16 bits per heavy atom. The molecule has 2 fully saturated rings. The molecule has 0 atom stereocenters. The number of halogens is 1. The molecule has 3 rings (SSSR count). The molecule has 1 aromatic carbocycles. The molecule has 0 bridgehead atoms. The monoisotopic (exact) mass is 474 g/mol. The fraction of sp³-hybridized carbons (Fsp3) is 0.632. The largest absolute Gasteiger partial charge is 0.370 e. The molecule has 4 nitrogen and oxygen atoms in total. The van der Waals surface area contributed by atoms with Crippen LogP contribution in [0.1, 0.15) is 30.9 Å². The molecule has 6 heteroatoms. The highest BCUT2D eigenvalue weighted by Gasteiger charge is 2.16. The highest BCUT2D eigenvalue weighted by molar-refractivity contribution is 14.0. The predicted octanol–water partition coefficient (Wildman–Crippen LogP) is 3.40. The van der Waals surface area contributed by atoms with E-state index in [1.807, 2.05) is 11.8 Å². The van der Waals surface area contributed by atoms with E-state index in [1.54, 1.807) is 0 Å². The maximum Gasteiger partial charge on any atom is 0.191 e. The van der Waals surface area contributed by atoms with Gasteiger partial charge in [-0.05, 0) is 43.0 Å². The van der Waals surface area contributed by atoms with E-state index in [2.05, 4.69) is 46.0 Å². The summed E-state index contributed by atoms with van der Waals surface area (Å²) in [6.07, 6.45) is 2.66. The van der Waals surface area contributed by atoms with Crippen LogP contribution in [0.2, 0.25) is 0 Å². The van der Waals surface area contributed by atoms with Crippen LogP contribution in [0.15, 0.2) is 29.3 Å². The third kappa shape index (κ3) is 6.64. The Hall–Kier alpha value is -0.470. The van der Waals surface area contributed by atoms with Gasteiger partial charge in [0.05, 0.1) is 6.54 Å². The van der Waals surface area contributed by atoms with Crippen molar-refractivity contribution in [2.75, 3.05) is 37.7 Å². The lowest BCUT2D eigenvalue weighted by molar-refractivity contribution is 0.185. The Labute approximate surface area is 173 Å². The van der Waals surface area contributed by atoms with E-state index < -0.39 is 0 Å². The Morgan fingerprint density at radius 2 is 1.84 bits per heavy atom. The molecule has 2 heterocycles. The number of rotatable bonds is 4. The summed E-state index contributed by atoms with van der Waals surface area (Å²) in [4.78, 5) is 9.39. The lowest BCUT2D eigenvalue weighted by Crippen LogP contribution is -2.42. The minimum absolute atomic E-state index is 0. The summed E-state index contributed by atoms with van der Waals surface area (Å²) < 4.78 is 0. The van der Waals surface area contributed by atoms with Crippen LogP contribution in [0.5, 0.6) is 0 Å². The minimum Gasteiger partial charge on any atom is -0.370 e. The summed E-state index contributed by atoms with van der Waals surface area (Å²) in [6, 6.07) is 8.84. The van der Waals surface area contributed by atoms with Crippen molar-refractivity contribution in [3.8, 4) is 0 Å². The first-order valence-electron chi connectivity index (χ1n) is 9.13. The number of hydrogen-bond acceptors (Lipinski definition) is 3. The third-order valence-corrected chi connectivity index (χ3v) is 5.98. The molecule has 2 N–H and O–H groups in total. The second kappa shape index (κ2) is 10.6. The fourth-order valence-corrected chi connectivity index (χ4v) is 4.27. The van der Waals surface area contributed by atoms with Crippen molar-refractivity contribution in [3.63, 3.8) is 0 Å². The number of nitrogens with zero attached hydrogens (tertiary/aromatic N) is 3. The summed E-state index contributed by atoms with van der Waals surface area (Å²) in [5.41, 5.74) is 8.81. The molecule has 0 amide bonds. The molecule has 2 aliphatic rings. The number of aliphatic imine (C=N–C) groups is 1. The molecule has 25 heavy (non-hydrogen) atoms. The van der Waals surface area contributed by atoms with Crippen LogP contribution < -0.4 is 5.73 Å². The molecule has 140 valence electrons. The van der Waals surface area contributed by atoms with Gasteiger partial charge in [0.15, 0.2) is 5.96 Å². The molecule has 1 aromatic rings. The Bertz CT molecular complexity index is 552. The summed E-state index contributed by atoms with van der Waals surface area (Å²) in [5, 5.41) is 0. The summed E-state index contributed by atoms with van der Waals surface area (Å²) in [5.74, 6) is 3.89. The highest BCUT2D eigenvalue weighted by Crippen LogP contribution is 2.18. The van der Waals surface area contributed by atoms with Crippen LogP contribution in [-0.2, 0) is 13.1 Å². The first-order chi connectivity index (χ1) is 11.7. The SMILES string of the molecule is CC1CCN(Cc2cccc(CN=C(N)N3CCSCC3)c2)CC1.I. The van der Waals surface area contributed by atoms with E-state index in [1.165, 1.54) is 37.1 Å². The van der Waals surface area contributed by atoms with Crippen LogP contribution in [-0.4, -0.2) is 53.4 Å². The van der Waals surface area contributed by atoms with Gasteiger partial charge in [0, 0.05) is 31.1 Å². The van der Waals surface area contributed by atoms with Gasteiger partial charge in [0.25, 0.3) is 0 Å². The van der Waals surface area contributed by atoms with Crippen molar-refractivity contribution in [3.05, 3.63) is 35.4 Å². The van der Waals surface area contributed by atoms with E-state index in [4.69, 9.17) is 5.73 Å². The normalized spacial score (nSPS) is 20.4. The number of guanidine groups is 1. The van der Waals surface area contributed by atoms with Gasteiger partial charge in [-0.15, -0.1) is 24.0 Å². The Morgan fingerprint density at radius 3 is 2.56 bits per heavy atom. The van der Waals surface area contributed by atoms with Crippen molar-refractivity contribution in [1.82, 2.24) is 9.80 Å². The van der Waals surface area contributed by atoms with Crippen LogP contribution in [0, 0.1) is 5.92 Å². The zero-order chi connectivity index (χ0) is 16.8. The van der Waals surface area contributed by atoms with E-state index in [0.717, 1.165) is 37.1 Å². The zero-order valence-corrected chi connectivity index (χ0v) is 18.3. The second-order valence-corrected chi connectivity index (χ2v) is 8.28. The van der Waals surface area contributed by atoms with E-state index >= 15 is 0 Å². The summed E-state index contributed by atoms with van der Waals surface area (Å²) >= 11 is 1.99. The van der Waals surface area contributed by atoms with Crippen LogP contribution in [0.4, 0.5) is 0 Å². The summed E-state index contributed by atoms with van der Waals surface area (Å²) in [6.45, 7) is 8.60. The molecule has 2 aliphatic heterocycles. The van der Waals surface area contributed by atoms with Gasteiger partial charge in [0.1, 0.15) is 0 Å². The van der Waals surface area contributed by atoms with Crippen LogP contribution in [0.25, 0.3) is 0 Å². The van der Waals surface area contributed by atoms with Crippen molar-refractivity contribution in [2.24, 2.45) is 16.6 Å². The topological polar surface area (TPSA) is 44.9 Å². The molecule has 0 aliphatic carbocycles. The smallest absolute Gasteiger partial charge is 0.191 e.